The predicted molar refractivity (Wildman–Crippen MR) is 99.3 cm³/mol. The van der Waals surface area contributed by atoms with Crippen molar-refractivity contribution in [1.29, 1.82) is 0 Å². The van der Waals surface area contributed by atoms with Gasteiger partial charge >= 0.3 is 5.97 Å². The van der Waals surface area contributed by atoms with Crippen LogP contribution >= 0.6 is 11.5 Å². The van der Waals surface area contributed by atoms with Gasteiger partial charge in [-0.25, -0.2) is 4.79 Å². The summed E-state index contributed by atoms with van der Waals surface area (Å²) >= 11 is 0.908. The molecule has 1 aliphatic rings. The second-order valence-corrected chi connectivity index (χ2v) is 6.89. The summed E-state index contributed by atoms with van der Waals surface area (Å²) in [6.07, 6.45) is 0.897. The Hall–Kier alpha value is -2.81. The smallest absolute Gasteiger partial charge is 0.362 e. The summed E-state index contributed by atoms with van der Waals surface area (Å²) in [6, 6.07) is 9.89. The van der Waals surface area contributed by atoms with Gasteiger partial charge in [0.05, 0.1) is 12.5 Å². The van der Waals surface area contributed by atoms with Crippen LogP contribution in [0, 0.1) is 5.92 Å². The molecular weight excluding hydrogens is 368 g/mol. The fourth-order valence-corrected chi connectivity index (χ4v) is 3.45. The van der Waals surface area contributed by atoms with Gasteiger partial charge in [0.2, 0.25) is 17.5 Å². The zero-order valence-corrected chi connectivity index (χ0v) is 15.7. The minimum atomic E-state index is -0.631. The molecule has 0 saturated carbocycles. The number of carbonyl (C=O) groups excluding carboxylic acids is 3. The van der Waals surface area contributed by atoms with Crippen molar-refractivity contribution >= 4 is 34.3 Å². The Labute approximate surface area is 160 Å². The summed E-state index contributed by atoms with van der Waals surface area (Å²) in [5.74, 6) is -1.46. The number of anilines is 1. The van der Waals surface area contributed by atoms with Gasteiger partial charge in [-0.05, 0) is 18.9 Å². The lowest BCUT2D eigenvalue weighted by molar-refractivity contribution is -0.128. The third kappa shape index (κ3) is 4.68. The Balaban J connectivity index is 1.56. The first-order valence-electron chi connectivity index (χ1n) is 8.70. The summed E-state index contributed by atoms with van der Waals surface area (Å²) in [7, 11) is 0. The molecule has 3 rings (SSSR count). The summed E-state index contributed by atoms with van der Waals surface area (Å²) in [6.45, 7) is 2.82. The summed E-state index contributed by atoms with van der Waals surface area (Å²) < 4.78 is 8.59. The van der Waals surface area contributed by atoms with Crippen molar-refractivity contribution < 1.29 is 19.1 Å². The molecule has 1 unspecified atom stereocenters. The third-order valence-electron chi connectivity index (χ3n) is 4.29. The second kappa shape index (κ2) is 8.72. The first kappa shape index (κ1) is 19.0. The molecule has 1 aromatic carbocycles. The van der Waals surface area contributed by atoms with Crippen molar-refractivity contribution in [3.05, 3.63) is 41.6 Å². The highest BCUT2D eigenvalue weighted by Crippen LogP contribution is 2.23. The second-order valence-electron chi connectivity index (χ2n) is 6.14. The van der Waals surface area contributed by atoms with Gasteiger partial charge in [0, 0.05) is 31.0 Å². The number of likely N-dealkylation sites (tertiary alicyclic amines) is 1. The quantitative estimate of drug-likeness (QED) is 0.725. The van der Waals surface area contributed by atoms with Gasteiger partial charge in [0.1, 0.15) is 0 Å². The summed E-state index contributed by atoms with van der Waals surface area (Å²) in [5.41, 5.74) is 1.13. The Kier molecular flexibility index (Phi) is 6.12. The molecule has 0 spiro atoms. The Bertz CT molecular complexity index is 824. The molecule has 8 nitrogen and oxygen atoms in total. The number of aromatic nitrogens is 2. The van der Waals surface area contributed by atoms with E-state index in [0.717, 1.165) is 23.5 Å². The summed E-state index contributed by atoms with van der Waals surface area (Å²) in [5, 5.41) is 6.61. The van der Waals surface area contributed by atoms with E-state index in [1.54, 1.807) is 11.8 Å². The largest absolute Gasteiger partial charge is 0.461 e. The van der Waals surface area contributed by atoms with E-state index >= 15 is 0 Å². The van der Waals surface area contributed by atoms with Crippen molar-refractivity contribution in [2.24, 2.45) is 5.92 Å². The summed E-state index contributed by atoms with van der Waals surface area (Å²) in [4.78, 5) is 38.3. The lowest BCUT2D eigenvalue weighted by Gasteiger charge is -2.16. The van der Waals surface area contributed by atoms with E-state index in [1.165, 1.54) is 0 Å². The van der Waals surface area contributed by atoms with Crippen molar-refractivity contribution in [2.75, 3.05) is 25.0 Å². The average molecular weight is 388 g/mol. The average Bonchev–Trinajstić information content (AvgIpc) is 3.27. The zero-order valence-electron chi connectivity index (χ0n) is 14.9. The van der Waals surface area contributed by atoms with Crippen LogP contribution in [-0.4, -0.2) is 52.0 Å². The fourth-order valence-electron chi connectivity index (χ4n) is 2.89. The minimum Gasteiger partial charge on any atom is -0.461 e. The normalized spacial score (nSPS) is 16.4. The molecule has 0 aliphatic carbocycles. The monoisotopic (exact) mass is 388 g/mol. The van der Waals surface area contributed by atoms with E-state index in [1.807, 2.05) is 30.3 Å². The van der Waals surface area contributed by atoms with Crippen LogP contribution in [0.5, 0.6) is 0 Å². The first-order chi connectivity index (χ1) is 13.1. The highest BCUT2D eigenvalue weighted by atomic mass is 32.1. The first-order valence-corrected chi connectivity index (χ1v) is 9.48. The number of rotatable bonds is 7. The molecule has 1 saturated heterocycles. The van der Waals surface area contributed by atoms with E-state index in [4.69, 9.17) is 4.74 Å². The van der Waals surface area contributed by atoms with Crippen molar-refractivity contribution in [2.45, 2.75) is 19.8 Å². The highest BCUT2D eigenvalue weighted by Gasteiger charge is 2.35. The van der Waals surface area contributed by atoms with Gasteiger partial charge in [-0.1, -0.05) is 34.8 Å². The number of hydrogen-bond acceptors (Lipinski definition) is 7. The van der Waals surface area contributed by atoms with Crippen molar-refractivity contribution in [1.82, 2.24) is 14.5 Å². The van der Waals surface area contributed by atoms with E-state index in [-0.39, 0.29) is 35.5 Å². The molecule has 0 radical (unpaired) electrons. The Morgan fingerprint density at radius 1 is 1.33 bits per heavy atom. The minimum absolute atomic E-state index is 0.0135. The molecule has 2 amide bonds. The van der Waals surface area contributed by atoms with Gasteiger partial charge in [-0.3, -0.25) is 9.59 Å². The molecule has 1 aromatic heterocycles. The van der Waals surface area contributed by atoms with E-state index in [9.17, 15) is 14.4 Å². The standard InChI is InChI=1S/C18H20N4O4S/c1-2-26-18(25)15-17(27-21-20-15)19-16(24)13-10-14(23)22(11-13)9-8-12-6-4-3-5-7-12/h3-7,13H,2,8-11H2,1H3,(H,19,24). The molecule has 142 valence electrons. The SMILES string of the molecule is CCOC(=O)c1nnsc1NC(=O)C1CC(=O)N(CCc2ccccc2)C1. The van der Waals surface area contributed by atoms with Gasteiger partial charge in [-0.15, -0.1) is 5.10 Å². The molecule has 0 bridgehead atoms. The number of esters is 1. The molecule has 27 heavy (non-hydrogen) atoms. The maximum absolute atomic E-state index is 12.5. The Morgan fingerprint density at radius 2 is 2.11 bits per heavy atom. The van der Waals surface area contributed by atoms with Gasteiger partial charge < -0.3 is 15.0 Å². The van der Waals surface area contributed by atoms with E-state index in [2.05, 4.69) is 14.9 Å². The molecule has 9 heteroatoms. The molecule has 1 aliphatic heterocycles. The van der Waals surface area contributed by atoms with Crippen LogP contribution in [0.25, 0.3) is 0 Å². The number of carbonyl (C=O) groups is 3. The molecular formula is C18H20N4O4S. The van der Waals surface area contributed by atoms with Gasteiger partial charge in [0.25, 0.3) is 0 Å². The van der Waals surface area contributed by atoms with Gasteiger partial charge in [0.15, 0.2) is 5.00 Å². The maximum atomic E-state index is 12.5. The predicted octanol–water partition coefficient (Wildman–Crippen LogP) is 1.74. The van der Waals surface area contributed by atoms with Crippen LogP contribution in [0.1, 0.15) is 29.4 Å². The number of amides is 2. The number of ether oxygens (including phenoxy) is 1. The molecule has 1 N–H and O–H groups in total. The van der Waals surface area contributed by atoms with Crippen LogP contribution in [-0.2, 0) is 20.7 Å². The van der Waals surface area contributed by atoms with E-state index < -0.39 is 11.9 Å². The van der Waals surface area contributed by atoms with Crippen molar-refractivity contribution in [3.63, 3.8) is 0 Å². The third-order valence-corrected chi connectivity index (χ3v) is 4.93. The van der Waals surface area contributed by atoms with Crippen LogP contribution in [0.3, 0.4) is 0 Å². The number of nitrogens with zero attached hydrogens (tertiary/aromatic N) is 3. The fraction of sp³-hybridized carbons (Fsp3) is 0.389. The van der Waals surface area contributed by atoms with E-state index in [0.29, 0.717) is 13.1 Å². The molecule has 2 heterocycles. The number of hydrogen-bond donors (Lipinski definition) is 1. The zero-order chi connectivity index (χ0) is 19.2. The number of nitrogens with one attached hydrogen (secondary N) is 1. The lowest BCUT2D eigenvalue weighted by Crippen LogP contribution is -2.30. The topological polar surface area (TPSA) is 101 Å². The van der Waals surface area contributed by atoms with Crippen LogP contribution < -0.4 is 5.32 Å². The van der Waals surface area contributed by atoms with Crippen LogP contribution in [0.15, 0.2) is 30.3 Å². The van der Waals surface area contributed by atoms with Crippen molar-refractivity contribution in [3.8, 4) is 0 Å². The Morgan fingerprint density at radius 3 is 2.85 bits per heavy atom. The maximum Gasteiger partial charge on any atom is 0.362 e. The number of benzene rings is 1. The molecule has 2 aromatic rings. The molecule has 1 fully saturated rings. The molecule has 1 atom stereocenters. The van der Waals surface area contributed by atoms with Crippen LogP contribution in [0.4, 0.5) is 5.00 Å². The van der Waals surface area contributed by atoms with Gasteiger partial charge in [-0.2, -0.15) is 0 Å². The lowest BCUT2D eigenvalue weighted by atomic mass is 10.1. The highest BCUT2D eigenvalue weighted by molar-refractivity contribution is 7.10. The van der Waals surface area contributed by atoms with Crippen LogP contribution in [0.2, 0.25) is 0 Å².